The van der Waals surface area contributed by atoms with Crippen molar-refractivity contribution >= 4 is 28.3 Å². The number of hydrogen-bond acceptors (Lipinski definition) is 6. The molecule has 5 rings (SSSR count). The Morgan fingerprint density at radius 1 is 1.15 bits per heavy atom. The minimum atomic E-state index is -0.187. The van der Waals surface area contributed by atoms with Gasteiger partial charge in [-0.15, -0.1) is 0 Å². The van der Waals surface area contributed by atoms with Crippen LogP contribution in [0.25, 0.3) is 27.5 Å². The fourth-order valence-corrected chi connectivity index (χ4v) is 5.26. The van der Waals surface area contributed by atoms with Crippen LogP contribution in [-0.2, 0) is 12.8 Å². The number of aromatic nitrogens is 4. The lowest BCUT2D eigenvalue weighted by Gasteiger charge is -2.10. The van der Waals surface area contributed by atoms with Gasteiger partial charge in [-0.2, -0.15) is 5.10 Å². The van der Waals surface area contributed by atoms with Gasteiger partial charge in [0, 0.05) is 38.5 Å². The Morgan fingerprint density at radius 2 is 1.97 bits per heavy atom. The third-order valence-electron chi connectivity index (χ3n) is 5.99. The quantitative estimate of drug-likeness (QED) is 0.436. The molecule has 9 heteroatoms. The van der Waals surface area contributed by atoms with Gasteiger partial charge in [-0.1, -0.05) is 29.5 Å². The number of carbonyl (C=O) groups is 1. The van der Waals surface area contributed by atoms with Crippen molar-refractivity contribution in [1.82, 2.24) is 24.6 Å². The number of hydrogen-bond donors (Lipinski definition) is 2. The molecule has 0 unspecified atom stereocenters. The first-order valence-corrected chi connectivity index (χ1v) is 12.1. The van der Waals surface area contributed by atoms with Gasteiger partial charge in [0.05, 0.1) is 27.6 Å². The van der Waals surface area contributed by atoms with E-state index in [4.69, 9.17) is 10.1 Å². The zero-order valence-corrected chi connectivity index (χ0v) is 20.5. The first-order valence-electron chi connectivity index (χ1n) is 11.3. The number of anilines is 2. The lowest BCUT2D eigenvalue weighted by atomic mass is 10.0. The number of carbonyl (C=O) groups excluding carboxylic acids is 1. The molecule has 2 amide bonds. The molecule has 0 atom stereocenters. The van der Waals surface area contributed by atoms with Gasteiger partial charge in [-0.05, 0) is 49.9 Å². The molecule has 4 aromatic rings. The standard InChI is InChI=1S/C25H27N7OS/c1-15-8-5-6-11-19(15)32-22-17(21(30-32)16-12-13-20(26-2)27-14-16)9-7-10-18-23(22)34-24(28-18)29-25(33)31(3)4/h5-6,8,11-14H,7,9-10H2,1-4H3,(H,26,27)(H,28,29,33). The van der Waals surface area contributed by atoms with Crippen molar-refractivity contribution in [1.29, 1.82) is 0 Å². The van der Waals surface area contributed by atoms with E-state index in [-0.39, 0.29) is 6.03 Å². The Balaban J connectivity index is 1.71. The minimum Gasteiger partial charge on any atom is -0.373 e. The lowest BCUT2D eigenvalue weighted by molar-refractivity contribution is 0.230. The Labute approximate surface area is 202 Å². The largest absolute Gasteiger partial charge is 0.373 e. The molecule has 0 saturated heterocycles. The van der Waals surface area contributed by atoms with E-state index in [1.54, 1.807) is 14.1 Å². The molecule has 174 valence electrons. The average Bonchev–Trinajstić information content (AvgIpc) is 3.35. The van der Waals surface area contributed by atoms with Crippen LogP contribution in [0.2, 0.25) is 0 Å². The molecular formula is C25H27N7OS. The van der Waals surface area contributed by atoms with E-state index in [0.717, 1.165) is 63.9 Å². The summed E-state index contributed by atoms with van der Waals surface area (Å²) in [6, 6.07) is 12.1. The first-order chi connectivity index (χ1) is 16.5. The maximum atomic E-state index is 12.3. The van der Waals surface area contributed by atoms with Gasteiger partial charge in [0.25, 0.3) is 0 Å². The molecule has 0 spiro atoms. The fourth-order valence-electron chi connectivity index (χ4n) is 4.21. The van der Waals surface area contributed by atoms with Crippen LogP contribution in [0.1, 0.15) is 23.2 Å². The highest BCUT2D eigenvalue weighted by atomic mass is 32.1. The lowest BCUT2D eigenvalue weighted by Crippen LogP contribution is -2.27. The molecule has 3 aromatic heterocycles. The second kappa shape index (κ2) is 8.90. The molecule has 1 aliphatic carbocycles. The molecular weight excluding hydrogens is 446 g/mol. The van der Waals surface area contributed by atoms with Crippen molar-refractivity contribution in [3.8, 4) is 27.5 Å². The predicted molar refractivity (Wildman–Crippen MR) is 137 cm³/mol. The number of pyridine rings is 1. The zero-order valence-electron chi connectivity index (χ0n) is 19.7. The summed E-state index contributed by atoms with van der Waals surface area (Å²) in [7, 11) is 5.30. The smallest absolute Gasteiger partial charge is 0.323 e. The van der Waals surface area contributed by atoms with Gasteiger partial charge in [0.15, 0.2) is 5.13 Å². The summed E-state index contributed by atoms with van der Waals surface area (Å²) in [5, 5.41) is 11.7. The molecule has 0 fully saturated rings. The highest BCUT2D eigenvalue weighted by molar-refractivity contribution is 7.19. The van der Waals surface area contributed by atoms with Gasteiger partial charge < -0.3 is 10.2 Å². The monoisotopic (exact) mass is 473 g/mol. The molecule has 8 nitrogen and oxygen atoms in total. The molecule has 2 N–H and O–H groups in total. The zero-order chi connectivity index (χ0) is 23.8. The first kappa shape index (κ1) is 22.1. The van der Waals surface area contributed by atoms with E-state index in [0.29, 0.717) is 5.13 Å². The summed E-state index contributed by atoms with van der Waals surface area (Å²) in [5.74, 6) is 0.819. The van der Waals surface area contributed by atoms with E-state index in [1.807, 2.05) is 36.1 Å². The van der Waals surface area contributed by atoms with Crippen LogP contribution < -0.4 is 10.6 Å². The topological polar surface area (TPSA) is 88.0 Å². The number of aryl methyl sites for hydroxylation is 2. The second-order valence-corrected chi connectivity index (χ2v) is 9.53. The third-order valence-corrected chi connectivity index (χ3v) is 7.01. The van der Waals surface area contributed by atoms with Crippen LogP contribution in [0, 0.1) is 6.92 Å². The van der Waals surface area contributed by atoms with Crippen molar-refractivity contribution in [2.45, 2.75) is 26.2 Å². The number of benzene rings is 1. The third kappa shape index (κ3) is 3.92. The molecule has 0 saturated carbocycles. The predicted octanol–water partition coefficient (Wildman–Crippen LogP) is 4.99. The summed E-state index contributed by atoms with van der Waals surface area (Å²) >= 11 is 1.51. The second-order valence-electron chi connectivity index (χ2n) is 8.53. The van der Waals surface area contributed by atoms with E-state index < -0.39 is 0 Å². The summed E-state index contributed by atoms with van der Waals surface area (Å²) in [5.41, 5.74) is 7.34. The van der Waals surface area contributed by atoms with Gasteiger partial charge in [0.1, 0.15) is 5.82 Å². The summed E-state index contributed by atoms with van der Waals surface area (Å²) < 4.78 is 2.05. The number of fused-ring (bicyclic) bond motifs is 3. The van der Waals surface area contributed by atoms with Gasteiger partial charge in [-0.3, -0.25) is 5.32 Å². The van der Waals surface area contributed by atoms with Gasteiger partial charge >= 0.3 is 6.03 Å². The Kier molecular flexibility index (Phi) is 5.79. The van der Waals surface area contributed by atoms with Crippen LogP contribution in [0.15, 0.2) is 42.6 Å². The Bertz CT molecular complexity index is 1350. The van der Waals surface area contributed by atoms with E-state index in [2.05, 4.69) is 40.7 Å². The summed E-state index contributed by atoms with van der Waals surface area (Å²) in [4.78, 5) is 24.1. The summed E-state index contributed by atoms with van der Waals surface area (Å²) in [6.45, 7) is 2.10. The average molecular weight is 474 g/mol. The number of amides is 2. The molecule has 1 aromatic carbocycles. The Morgan fingerprint density at radius 3 is 2.68 bits per heavy atom. The molecule has 3 heterocycles. The molecule has 0 aliphatic heterocycles. The summed E-state index contributed by atoms with van der Waals surface area (Å²) in [6.07, 6.45) is 4.58. The molecule has 0 radical (unpaired) electrons. The highest BCUT2D eigenvalue weighted by Crippen LogP contribution is 2.43. The van der Waals surface area contributed by atoms with Crippen molar-refractivity contribution in [3.63, 3.8) is 0 Å². The van der Waals surface area contributed by atoms with Crippen LogP contribution in [0.4, 0.5) is 15.7 Å². The highest BCUT2D eigenvalue weighted by Gasteiger charge is 2.29. The maximum Gasteiger partial charge on any atom is 0.323 e. The van der Waals surface area contributed by atoms with Crippen LogP contribution >= 0.6 is 11.3 Å². The number of urea groups is 1. The normalized spacial score (nSPS) is 12.5. The van der Waals surface area contributed by atoms with E-state index in [9.17, 15) is 4.79 Å². The molecule has 0 bridgehead atoms. The van der Waals surface area contributed by atoms with Gasteiger partial charge in [0.2, 0.25) is 0 Å². The Hall–Kier alpha value is -3.72. The number of thiazole rings is 1. The fraction of sp³-hybridized carbons (Fsp3) is 0.280. The van der Waals surface area contributed by atoms with Crippen LogP contribution in [0.5, 0.6) is 0 Å². The minimum absolute atomic E-state index is 0.187. The van der Waals surface area contributed by atoms with Crippen molar-refractivity contribution in [2.75, 3.05) is 31.8 Å². The van der Waals surface area contributed by atoms with E-state index in [1.165, 1.54) is 21.8 Å². The number of nitrogens with zero attached hydrogens (tertiary/aromatic N) is 5. The van der Waals surface area contributed by atoms with Crippen molar-refractivity contribution in [2.24, 2.45) is 0 Å². The number of nitrogens with one attached hydrogen (secondary N) is 2. The molecule has 1 aliphatic rings. The molecule has 34 heavy (non-hydrogen) atoms. The maximum absolute atomic E-state index is 12.3. The van der Waals surface area contributed by atoms with Crippen LogP contribution in [0.3, 0.4) is 0 Å². The number of rotatable bonds is 4. The van der Waals surface area contributed by atoms with Crippen molar-refractivity contribution < 1.29 is 4.79 Å². The van der Waals surface area contributed by atoms with Crippen LogP contribution in [-0.4, -0.2) is 51.8 Å². The number of para-hydroxylation sites is 1. The SMILES string of the molecule is CNc1ccc(-c2nn(-c3ccccc3C)c3c2CCCc2nc(NC(=O)N(C)C)sc2-3)cn1. The van der Waals surface area contributed by atoms with E-state index >= 15 is 0 Å². The van der Waals surface area contributed by atoms with Gasteiger partial charge in [-0.25, -0.2) is 19.4 Å². The van der Waals surface area contributed by atoms with Crippen molar-refractivity contribution in [3.05, 3.63) is 59.4 Å².